The van der Waals surface area contributed by atoms with Crippen molar-refractivity contribution in [2.75, 3.05) is 6.54 Å². The molecule has 0 radical (unpaired) electrons. The molecule has 0 spiro atoms. The Morgan fingerprint density at radius 3 is 3.00 bits per heavy atom. The molecule has 4 nitrogen and oxygen atoms in total. The summed E-state index contributed by atoms with van der Waals surface area (Å²) in [6.45, 7) is 0.615. The fourth-order valence-electron chi connectivity index (χ4n) is 2.23. The van der Waals surface area contributed by atoms with E-state index in [4.69, 9.17) is 9.84 Å². The predicted molar refractivity (Wildman–Crippen MR) is 51.1 cm³/mol. The van der Waals surface area contributed by atoms with E-state index < -0.39 is 5.97 Å². The minimum atomic E-state index is -0.893. The van der Waals surface area contributed by atoms with E-state index in [1.807, 2.05) is 0 Å². The number of aliphatic carboxylic acids is 1. The zero-order valence-corrected chi connectivity index (χ0v) is 7.98. The molecule has 2 fully saturated rings. The number of carboxylic acid groups (broad SMARTS) is 1. The fraction of sp³-hybridized carbons (Fsp3) is 0.700. The van der Waals surface area contributed by atoms with Crippen molar-refractivity contribution in [3.05, 3.63) is 12.2 Å². The summed E-state index contributed by atoms with van der Waals surface area (Å²) in [5.74, 6) is -0.893. The highest BCUT2D eigenvalue weighted by Crippen LogP contribution is 2.34. The molecule has 3 unspecified atom stereocenters. The number of carbonyl (C=O) groups is 1. The number of hydrogen-bond acceptors (Lipinski definition) is 3. The lowest BCUT2D eigenvalue weighted by Crippen LogP contribution is -2.37. The Bertz CT molecular complexity index is 252. The lowest BCUT2D eigenvalue weighted by molar-refractivity contribution is -0.131. The molecular formula is C10H15NO3. The molecule has 0 saturated carbocycles. The second kappa shape index (κ2) is 4.11. The van der Waals surface area contributed by atoms with Crippen LogP contribution in [0, 0.1) is 0 Å². The van der Waals surface area contributed by atoms with Crippen LogP contribution >= 0.6 is 0 Å². The van der Waals surface area contributed by atoms with Gasteiger partial charge < -0.3 is 15.2 Å². The lowest BCUT2D eigenvalue weighted by atomic mass is 9.95. The van der Waals surface area contributed by atoms with E-state index in [1.54, 1.807) is 6.08 Å². The largest absolute Gasteiger partial charge is 0.478 e. The van der Waals surface area contributed by atoms with Crippen molar-refractivity contribution in [2.24, 2.45) is 0 Å². The number of nitrogens with one attached hydrogen (secondary N) is 1. The van der Waals surface area contributed by atoms with Crippen molar-refractivity contribution in [3.8, 4) is 0 Å². The van der Waals surface area contributed by atoms with Crippen LogP contribution in [0.4, 0.5) is 0 Å². The van der Waals surface area contributed by atoms with Gasteiger partial charge in [0.1, 0.15) is 0 Å². The van der Waals surface area contributed by atoms with Gasteiger partial charge in [0.15, 0.2) is 0 Å². The predicted octanol–water partition coefficient (Wildman–Crippen LogP) is 0.537. The normalized spacial score (nSPS) is 35.6. The van der Waals surface area contributed by atoms with Gasteiger partial charge >= 0.3 is 5.97 Å². The van der Waals surface area contributed by atoms with Gasteiger partial charge in [-0.2, -0.15) is 0 Å². The third kappa shape index (κ3) is 2.13. The molecular weight excluding hydrogens is 182 g/mol. The van der Waals surface area contributed by atoms with Crippen LogP contribution in [0.2, 0.25) is 0 Å². The van der Waals surface area contributed by atoms with Crippen LogP contribution in [-0.4, -0.2) is 35.9 Å². The van der Waals surface area contributed by atoms with Crippen molar-refractivity contribution in [1.29, 1.82) is 0 Å². The van der Waals surface area contributed by atoms with Crippen LogP contribution in [0.3, 0.4) is 0 Å². The van der Waals surface area contributed by atoms with Crippen LogP contribution in [-0.2, 0) is 9.53 Å². The molecule has 0 amide bonds. The molecule has 2 aliphatic heterocycles. The van der Waals surface area contributed by atoms with E-state index in [9.17, 15) is 4.79 Å². The second-order valence-electron chi connectivity index (χ2n) is 3.86. The zero-order valence-electron chi connectivity index (χ0n) is 7.98. The molecule has 2 N–H and O–H groups in total. The molecule has 0 aromatic rings. The van der Waals surface area contributed by atoms with Gasteiger partial charge in [0.05, 0.1) is 12.2 Å². The van der Waals surface area contributed by atoms with Gasteiger partial charge in [0, 0.05) is 18.7 Å². The molecule has 4 heteroatoms. The minimum absolute atomic E-state index is 0.359. The Labute approximate surface area is 82.9 Å². The Kier molecular flexibility index (Phi) is 2.84. The molecule has 0 aromatic heterocycles. The number of fused-ring (bicyclic) bond motifs is 2. The standard InChI is InChI=1S/C10H15NO3/c12-10(13)2-1-5-11-8-6-7-3-4-9(8)14-7/h1-2,7-9,11H,3-6H2,(H,12,13)/b2-1+. The molecule has 0 aliphatic carbocycles. The van der Waals surface area contributed by atoms with E-state index in [-0.39, 0.29) is 0 Å². The van der Waals surface area contributed by atoms with Gasteiger partial charge in [-0.15, -0.1) is 0 Å². The monoisotopic (exact) mass is 197 g/mol. The van der Waals surface area contributed by atoms with Gasteiger partial charge in [0.25, 0.3) is 0 Å². The summed E-state index contributed by atoms with van der Waals surface area (Å²) < 4.78 is 5.66. The third-order valence-electron chi connectivity index (χ3n) is 2.86. The summed E-state index contributed by atoms with van der Waals surface area (Å²) in [4.78, 5) is 10.2. The van der Waals surface area contributed by atoms with Crippen LogP contribution in [0.15, 0.2) is 12.2 Å². The average molecular weight is 197 g/mol. The molecule has 14 heavy (non-hydrogen) atoms. The number of carboxylic acids is 1. The zero-order chi connectivity index (χ0) is 9.97. The van der Waals surface area contributed by atoms with Gasteiger partial charge in [-0.1, -0.05) is 6.08 Å². The molecule has 3 atom stereocenters. The van der Waals surface area contributed by atoms with Gasteiger partial charge in [-0.25, -0.2) is 4.79 Å². The van der Waals surface area contributed by atoms with Crippen molar-refractivity contribution in [3.63, 3.8) is 0 Å². The molecule has 2 heterocycles. The highest BCUT2D eigenvalue weighted by atomic mass is 16.5. The number of rotatable bonds is 4. The summed E-state index contributed by atoms with van der Waals surface area (Å²) in [6.07, 6.45) is 7.01. The third-order valence-corrected chi connectivity index (χ3v) is 2.86. The quantitative estimate of drug-likeness (QED) is 0.646. The second-order valence-corrected chi connectivity index (χ2v) is 3.86. The van der Waals surface area contributed by atoms with Gasteiger partial charge in [-0.3, -0.25) is 0 Å². The fourth-order valence-corrected chi connectivity index (χ4v) is 2.23. The van der Waals surface area contributed by atoms with Gasteiger partial charge in [0.2, 0.25) is 0 Å². The molecule has 2 saturated heterocycles. The summed E-state index contributed by atoms with van der Waals surface area (Å²) >= 11 is 0. The van der Waals surface area contributed by atoms with Crippen molar-refractivity contribution < 1.29 is 14.6 Å². The van der Waals surface area contributed by atoms with E-state index in [0.29, 0.717) is 24.8 Å². The van der Waals surface area contributed by atoms with Gasteiger partial charge in [-0.05, 0) is 19.3 Å². The van der Waals surface area contributed by atoms with Crippen molar-refractivity contribution in [1.82, 2.24) is 5.32 Å². The van der Waals surface area contributed by atoms with Crippen LogP contribution < -0.4 is 5.32 Å². The highest BCUT2D eigenvalue weighted by Gasteiger charge is 2.39. The molecule has 2 rings (SSSR count). The van der Waals surface area contributed by atoms with Crippen molar-refractivity contribution >= 4 is 5.97 Å². The molecule has 0 aromatic carbocycles. The Morgan fingerprint density at radius 2 is 2.43 bits per heavy atom. The maximum Gasteiger partial charge on any atom is 0.328 e. The Morgan fingerprint density at radius 1 is 1.57 bits per heavy atom. The number of hydrogen-bond donors (Lipinski definition) is 2. The average Bonchev–Trinajstić information content (AvgIpc) is 2.73. The molecule has 2 aliphatic rings. The van der Waals surface area contributed by atoms with E-state index in [2.05, 4.69) is 5.32 Å². The summed E-state index contributed by atoms with van der Waals surface area (Å²) in [5, 5.41) is 11.7. The maximum absolute atomic E-state index is 10.2. The first-order valence-electron chi connectivity index (χ1n) is 5.04. The topological polar surface area (TPSA) is 58.6 Å². The summed E-state index contributed by atoms with van der Waals surface area (Å²) in [5.41, 5.74) is 0. The first-order chi connectivity index (χ1) is 6.75. The highest BCUT2D eigenvalue weighted by molar-refractivity contribution is 5.79. The Hall–Kier alpha value is -0.870. The minimum Gasteiger partial charge on any atom is -0.478 e. The first kappa shape index (κ1) is 9.68. The van der Waals surface area contributed by atoms with Crippen LogP contribution in [0.25, 0.3) is 0 Å². The first-order valence-corrected chi connectivity index (χ1v) is 5.04. The van der Waals surface area contributed by atoms with E-state index in [1.165, 1.54) is 12.5 Å². The maximum atomic E-state index is 10.2. The Balaban J connectivity index is 1.69. The van der Waals surface area contributed by atoms with Crippen LogP contribution in [0.1, 0.15) is 19.3 Å². The SMILES string of the molecule is O=C(O)/C=C/CNC1CC2CCC1O2. The lowest BCUT2D eigenvalue weighted by Gasteiger charge is -2.18. The smallest absolute Gasteiger partial charge is 0.328 e. The van der Waals surface area contributed by atoms with Crippen LogP contribution in [0.5, 0.6) is 0 Å². The molecule has 78 valence electrons. The summed E-state index contributed by atoms with van der Waals surface area (Å²) in [6, 6.07) is 0.423. The van der Waals surface area contributed by atoms with E-state index >= 15 is 0 Å². The van der Waals surface area contributed by atoms with Crippen molar-refractivity contribution in [2.45, 2.75) is 37.5 Å². The summed E-state index contributed by atoms with van der Waals surface area (Å²) in [7, 11) is 0. The molecule has 2 bridgehead atoms. The number of ether oxygens (including phenoxy) is 1. The van der Waals surface area contributed by atoms with E-state index in [0.717, 1.165) is 12.8 Å².